The molecule has 1 aliphatic rings. The number of rotatable bonds is 3. The monoisotopic (exact) mass is 335 g/mol. The van der Waals surface area contributed by atoms with Crippen molar-refractivity contribution >= 4 is 21.7 Å². The molecular formula is C16H14FNO4S. The molecular weight excluding hydrogens is 321 g/mol. The molecule has 1 amide bonds. The largest absolute Gasteiger partial charge is 0.379 e. The lowest BCUT2D eigenvalue weighted by atomic mass is 10.2. The van der Waals surface area contributed by atoms with E-state index >= 15 is 0 Å². The van der Waals surface area contributed by atoms with Gasteiger partial charge in [0.15, 0.2) is 0 Å². The van der Waals surface area contributed by atoms with E-state index in [1.165, 1.54) is 37.3 Å². The van der Waals surface area contributed by atoms with Crippen LogP contribution in [0.15, 0.2) is 47.4 Å². The molecule has 7 heteroatoms. The third-order valence-electron chi connectivity index (χ3n) is 3.62. The van der Waals surface area contributed by atoms with Gasteiger partial charge in [0.2, 0.25) is 5.91 Å². The molecule has 1 heterocycles. The molecule has 1 aliphatic heterocycles. The molecule has 0 aromatic heterocycles. The summed E-state index contributed by atoms with van der Waals surface area (Å²) < 4.78 is 42.7. The lowest BCUT2D eigenvalue weighted by Gasteiger charge is -2.15. The Balaban J connectivity index is 1.91. The number of hydrogen-bond acceptors (Lipinski definition) is 4. The summed E-state index contributed by atoms with van der Waals surface area (Å²) in [5.41, 5.74) is 1.48. The Morgan fingerprint density at radius 2 is 2.00 bits per heavy atom. The highest BCUT2D eigenvalue weighted by Gasteiger charge is 2.25. The second kappa shape index (κ2) is 5.66. The van der Waals surface area contributed by atoms with Gasteiger partial charge in [0.25, 0.3) is 0 Å². The molecule has 0 fully saturated rings. The van der Waals surface area contributed by atoms with E-state index in [-0.39, 0.29) is 16.6 Å². The minimum Gasteiger partial charge on any atom is -0.379 e. The zero-order valence-electron chi connectivity index (χ0n) is 12.3. The lowest BCUT2D eigenvalue weighted by Crippen LogP contribution is -2.25. The number of benzene rings is 2. The Bertz CT molecular complexity index is 879. The number of carbonyl (C=O) groups excluding carboxylic acids is 1. The normalized spacial score (nSPS) is 13.7. The maximum atomic E-state index is 13.1. The summed E-state index contributed by atoms with van der Waals surface area (Å²) >= 11 is 0. The third-order valence-corrected chi connectivity index (χ3v) is 4.86. The highest BCUT2D eigenvalue weighted by Crippen LogP contribution is 2.31. The highest BCUT2D eigenvalue weighted by atomic mass is 32.2. The first-order valence-corrected chi connectivity index (χ1v) is 8.39. The van der Waals surface area contributed by atoms with Gasteiger partial charge >= 0.3 is 10.1 Å². The van der Waals surface area contributed by atoms with Crippen molar-refractivity contribution in [3.8, 4) is 5.75 Å². The van der Waals surface area contributed by atoms with Crippen LogP contribution in [0.2, 0.25) is 0 Å². The number of nitrogens with zero attached hydrogens (tertiary/aromatic N) is 1. The number of carbonyl (C=O) groups is 1. The van der Waals surface area contributed by atoms with Gasteiger partial charge in [-0.2, -0.15) is 8.42 Å². The van der Waals surface area contributed by atoms with Gasteiger partial charge in [-0.15, -0.1) is 0 Å². The molecule has 0 atom stereocenters. The average Bonchev–Trinajstić information content (AvgIpc) is 2.89. The predicted octanol–water partition coefficient (Wildman–Crippen LogP) is 2.50. The first-order chi connectivity index (χ1) is 10.9. The van der Waals surface area contributed by atoms with Crippen LogP contribution in [0.4, 0.5) is 10.1 Å². The lowest BCUT2D eigenvalue weighted by molar-refractivity contribution is -0.116. The van der Waals surface area contributed by atoms with Crippen molar-refractivity contribution in [2.75, 3.05) is 11.4 Å². The number of hydrogen-bond donors (Lipinski definition) is 0. The van der Waals surface area contributed by atoms with E-state index in [2.05, 4.69) is 0 Å². The summed E-state index contributed by atoms with van der Waals surface area (Å²) in [7, 11) is -4.06. The van der Waals surface area contributed by atoms with E-state index in [4.69, 9.17) is 4.18 Å². The van der Waals surface area contributed by atoms with Crippen molar-refractivity contribution in [3.05, 3.63) is 53.8 Å². The summed E-state index contributed by atoms with van der Waals surface area (Å²) in [5.74, 6) is -0.755. The van der Waals surface area contributed by atoms with Crippen molar-refractivity contribution < 1.29 is 21.8 Å². The van der Waals surface area contributed by atoms with Crippen LogP contribution in [0.1, 0.15) is 12.5 Å². The molecule has 0 bridgehead atoms. The van der Waals surface area contributed by atoms with E-state index in [9.17, 15) is 17.6 Å². The number of fused-ring (bicyclic) bond motifs is 1. The molecule has 0 saturated carbocycles. The van der Waals surface area contributed by atoms with E-state index < -0.39 is 15.9 Å². The van der Waals surface area contributed by atoms with Crippen molar-refractivity contribution in [1.29, 1.82) is 0 Å². The van der Waals surface area contributed by atoms with Crippen LogP contribution in [0.25, 0.3) is 0 Å². The quantitative estimate of drug-likeness (QED) is 0.809. The second-order valence-electron chi connectivity index (χ2n) is 5.21. The Labute approximate surface area is 133 Å². The van der Waals surface area contributed by atoms with Crippen LogP contribution < -0.4 is 9.08 Å². The van der Waals surface area contributed by atoms with Crippen molar-refractivity contribution in [2.45, 2.75) is 18.2 Å². The van der Waals surface area contributed by atoms with Gasteiger partial charge in [0, 0.05) is 25.2 Å². The Kier molecular flexibility index (Phi) is 3.81. The molecule has 0 N–H and O–H groups in total. The fraction of sp³-hybridized carbons (Fsp3) is 0.188. The predicted molar refractivity (Wildman–Crippen MR) is 82.4 cm³/mol. The van der Waals surface area contributed by atoms with Gasteiger partial charge in [-0.1, -0.05) is 6.07 Å². The summed E-state index contributed by atoms with van der Waals surface area (Å²) in [6.07, 6.45) is 0.582. The van der Waals surface area contributed by atoms with Gasteiger partial charge in [0.05, 0.1) is 0 Å². The molecule has 5 nitrogen and oxygen atoms in total. The highest BCUT2D eigenvalue weighted by molar-refractivity contribution is 7.87. The van der Waals surface area contributed by atoms with Crippen LogP contribution in [0, 0.1) is 5.82 Å². The standard InChI is InChI=1S/C16H14FNO4S/c1-11(19)18-8-7-12-9-15(5-6-16(12)18)23(20,21)22-14-4-2-3-13(17)10-14/h2-6,9-10H,7-8H2,1H3. The Morgan fingerprint density at radius 3 is 2.70 bits per heavy atom. The zero-order chi connectivity index (χ0) is 16.6. The van der Waals surface area contributed by atoms with Crippen LogP contribution in [-0.2, 0) is 21.3 Å². The van der Waals surface area contributed by atoms with E-state index in [1.54, 1.807) is 11.0 Å². The molecule has 120 valence electrons. The second-order valence-corrected chi connectivity index (χ2v) is 6.75. The summed E-state index contributed by atoms with van der Waals surface area (Å²) in [4.78, 5) is 13.1. The van der Waals surface area contributed by atoms with E-state index in [0.717, 1.165) is 11.6 Å². The molecule has 0 unspecified atom stereocenters. The minimum atomic E-state index is -4.06. The molecule has 2 aromatic rings. The Morgan fingerprint density at radius 1 is 1.22 bits per heavy atom. The molecule has 2 aromatic carbocycles. The van der Waals surface area contributed by atoms with Gasteiger partial charge < -0.3 is 9.08 Å². The summed E-state index contributed by atoms with van der Waals surface area (Å²) in [5, 5.41) is 0. The molecule has 0 saturated heterocycles. The smallest absolute Gasteiger partial charge is 0.339 e. The molecule has 0 aliphatic carbocycles. The fourth-order valence-corrected chi connectivity index (χ4v) is 3.53. The fourth-order valence-electron chi connectivity index (χ4n) is 2.55. The zero-order valence-corrected chi connectivity index (χ0v) is 13.1. The van der Waals surface area contributed by atoms with E-state index in [0.29, 0.717) is 18.7 Å². The van der Waals surface area contributed by atoms with Gasteiger partial charge in [-0.3, -0.25) is 4.79 Å². The third kappa shape index (κ3) is 3.05. The minimum absolute atomic E-state index is 0.0223. The van der Waals surface area contributed by atoms with E-state index in [1.807, 2.05) is 0 Å². The molecule has 3 rings (SSSR count). The number of amides is 1. The summed E-state index contributed by atoms with van der Waals surface area (Å²) in [6.45, 7) is 1.99. The number of halogens is 1. The van der Waals surface area contributed by atoms with Crippen molar-refractivity contribution in [1.82, 2.24) is 0 Å². The first-order valence-electron chi connectivity index (χ1n) is 6.98. The molecule has 0 spiro atoms. The average molecular weight is 335 g/mol. The maximum Gasteiger partial charge on any atom is 0.339 e. The topological polar surface area (TPSA) is 63.7 Å². The van der Waals surface area contributed by atoms with Gasteiger partial charge in [-0.05, 0) is 42.3 Å². The van der Waals surface area contributed by atoms with Gasteiger partial charge in [-0.25, -0.2) is 4.39 Å². The van der Waals surface area contributed by atoms with Crippen molar-refractivity contribution in [2.24, 2.45) is 0 Å². The molecule has 0 radical (unpaired) electrons. The molecule has 23 heavy (non-hydrogen) atoms. The van der Waals surface area contributed by atoms with Crippen LogP contribution >= 0.6 is 0 Å². The Hall–Kier alpha value is -2.41. The van der Waals surface area contributed by atoms with Crippen LogP contribution in [0.3, 0.4) is 0 Å². The van der Waals surface area contributed by atoms with Crippen molar-refractivity contribution in [3.63, 3.8) is 0 Å². The van der Waals surface area contributed by atoms with Gasteiger partial charge in [0.1, 0.15) is 16.5 Å². The SMILES string of the molecule is CC(=O)N1CCc2cc(S(=O)(=O)Oc3cccc(F)c3)ccc21. The summed E-state index contributed by atoms with van der Waals surface area (Å²) in [6, 6.07) is 9.40. The first kappa shape index (κ1) is 15.5. The maximum absolute atomic E-state index is 13.1. The number of anilines is 1. The van der Waals surface area contributed by atoms with Crippen LogP contribution in [0.5, 0.6) is 5.75 Å². The van der Waals surface area contributed by atoms with Crippen LogP contribution in [-0.4, -0.2) is 20.9 Å².